The minimum Gasteiger partial charge on any atom is -0.313 e. The molecule has 1 nitrogen and oxygen atoms in total. The Labute approximate surface area is 106 Å². The summed E-state index contributed by atoms with van der Waals surface area (Å²) in [6.07, 6.45) is 7.25. The molecule has 0 amide bonds. The normalized spacial score (nSPS) is 27.9. The fourth-order valence-corrected chi connectivity index (χ4v) is 3.82. The van der Waals surface area contributed by atoms with Crippen molar-refractivity contribution in [1.29, 1.82) is 0 Å². The van der Waals surface area contributed by atoms with E-state index in [1.165, 1.54) is 43.6 Å². The topological polar surface area (TPSA) is 12.0 Å². The van der Waals surface area contributed by atoms with Crippen molar-refractivity contribution in [3.63, 3.8) is 0 Å². The van der Waals surface area contributed by atoms with Crippen molar-refractivity contribution in [3.8, 4) is 0 Å². The van der Waals surface area contributed by atoms with Crippen LogP contribution in [0.4, 0.5) is 0 Å². The molecule has 16 heavy (non-hydrogen) atoms. The summed E-state index contributed by atoms with van der Waals surface area (Å²) in [5.41, 5.74) is 0. The SMILES string of the molecule is CCNC(CSCC)C1CCCC(CC)C1. The van der Waals surface area contributed by atoms with E-state index in [2.05, 4.69) is 37.8 Å². The Kier molecular flexibility index (Phi) is 7.55. The van der Waals surface area contributed by atoms with E-state index in [1.54, 1.807) is 0 Å². The predicted molar refractivity (Wildman–Crippen MR) is 76.2 cm³/mol. The van der Waals surface area contributed by atoms with E-state index in [0.717, 1.165) is 24.4 Å². The van der Waals surface area contributed by atoms with Crippen LogP contribution in [0.3, 0.4) is 0 Å². The summed E-state index contributed by atoms with van der Waals surface area (Å²) in [6.45, 7) is 7.99. The summed E-state index contributed by atoms with van der Waals surface area (Å²) in [5.74, 6) is 4.52. The molecule has 1 fully saturated rings. The Balaban J connectivity index is 2.41. The average molecular weight is 243 g/mol. The summed E-state index contributed by atoms with van der Waals surface area (Å²) in [6, 6.07) is 0.768. The van der Waals surface area contributed by atoms with Crippen LogP contribution < -0.4 is 5.32 Å². The van der Waals surface area contributed by atoms with E-state index in [0.29, 0.717) is 0 Å². The molecular weight excluding hydrogens is 214 g/mol. The van der Waals surface area contributed by atoms with Gasteiger partial charge in [-0.15, -0.1) is 0 Å². The van der Waals surface area contributed by atoms with E-state index >= 15 is 0 Å². The van der Waals surface area contributed by atoms with Crippen molar-refractivity contribution < 1.29 is 0 Å². The Bertz CT molecular complexity index is 170. The molecule has 1 saturated carbocycles. The van der Waals surface area contributed by atoms with Gasteiger partial charge in [0, 0.05) is 11.8 Å². The lowest BCUT2D eigenvalue weighted by molar-refractivity contribution is 0.220. The summed E-state index contributed by atoms with van der Waals surface area (Å²) in [7, 11) is 0. The van der Waals surface area contributed by atoms with Gasteiger partial charge < -0.3 is 5.32 Å². The average Bonchev–Trinajstić information content (AvgIpc) is 2.34. The molecule has 0 aliphatic heterocycles. The highest BCUT2D eigenvalue weighted by atomic mass is 32.2. The molecule has 0 aromatic rings. The Morgan fingerprint density at radius 1 is 1.25 bits per heavy atom. The van der Waals surface area contributed by atoms with E-state index in [4.69, 9.17) is 0 Å². The Hall–Kier alpha value is 0.310. The lowest BCUT2D eigenvalue weighted by atomic mass is 9.77. The van der Waals surface area contributed by atoms with Gasteiger partial charge in [0.15, 0.2) is 0 Å². The van der Waals surface area contributed by atoms with Crippen molar-refractivity contribution in [2.75, 3.05) is 18.1 Å². The van der Waals surface area contributed by atoms with Crippen molar-refractivity contribution in [2.45, 2.75) is 58.9 Å². The second kappa shape index (κ2) is 8.41. The minimum atomic E-state index is 0.768. The van der Waals surface area contributed by atoms with Gasteiger partial charge in [-0.05, 0) is 37.0 Å². The third kappa shape index (κ3) is 4.67. The van der Waals surface area contributed by atoms with Gasteiger partial charge >= 0.3 is 0 Å². The lowest BCUT2D eigenvalue weighted by Gasteiger charge is -2.34. The zero-order valence-electron chi connectivity index (χ0n) is 11.3. The molecule has 1 aliphatic carbocycles. The Morgan fingerprint density at radius 3 is 2.69 bits per heavy atom. The molecule has 0 bridgehead atoms. The molecule has 0 spiro atoms. The third-order valence-corrected chi connectivity index (χ3v) is 4.94. The summed E-state index contributed by atoms with van der Waals surface area (Å²) < 4.78 is 0. The zero-order chi connectivity index (χ0) is 11.8. The summed E-state index contributed by atoms with van der Waals surface area (Å²) in [5, 5.41) is 3.71. The maximum Gasteiger partial charge on any atom is 0.0186 e. The second-order valence-corrected chi connectivity index (χ2v) is 6.34. The van der Waals surface area contributed by atoms with Gasteiger partial charge in [0.1, 0.15) is 0 Å². The lowest BCUT2D eigenvalue weighted by Crippen LogP contribution is -2.40. The fraction of sp³-hybridized carbons (Fsp3) is 1.00. The smallest absolute Gasteiger partial charge is 0.0186 e. The van der Waals surface area contributed by atoms with E-state index in [9.17, 15) is 0 Å². The van der Waals surface area contributed by atoms with Crippen molar-refractivity contribution in [1.82, 2.24) is 5.32 Å². The van der Waals surface area contributed by atoms with Crippen LogP contribution >= 0.6 is 11.8 Å². The van der Waals surface area contributed by atoms with Crippen LogP contribution in [-0.4, -0.2) is 24.1 Å². The van der Waals surface area contributed by atoms with Crippen LogP contribution in [0.15, 0.2) is 0 Å². The van der Waals surface area contributed by atoms with Crippen LogP contribution in [0.25, 0.3) is 0 Å². The van der Waals surface area contributed by atoms with Gasteiger partial charge in [0.25, 0.3) is 0 Å². The fourth-order valence-electron chi connectivity index (χ4n) is 2.94. The number of hydrogen-bond acceptors (Lipinski definition) is 2. The van der Waals surface area contributed by atoms with Crippen LogP contribution in [0.1, 0.15) is 52.9 Å². The molecule has 0 heterocycles. The third-order valence-electron chi connectivity index (χ3n) is 3.94. The highest BCUT2D eigenvalue weighted by Crippen LogP contribution is 2.33. The minimum absolute atomic E-state index is 0.768. The molecule has 0 saturated heterocycles. The molecule has 96 valence electrons. The Morgan fingerprint density at radius 2 is 2.06 bits per heavy atom. The van der Waals surface area contributed by atoms with Crippen LogP contribution in [0.2, 0.25) is 0 Å². The first-order valence-corrected chi connectivity index (χ1v) is 8.28. The largest absolute Gasteiger partial charge is 0.313 e. The molecule has 0 aromatic carbocycles. The van der Waals surface area contributed by atoms with E-state index in [-0.39, 0.29) is 0 Å². The van der Waals surface area contributed by atoms with Crippen LogP contribution in [0.5, 0.6) is 0 Å². The first-order valence-electron chi connectivity index (χ1n) is 7.12. The molecule has 3 unspecified atom stereocenters. The van der Waals surface area contributed by atoms with Gasteiger partial charge in [0.05, 0.1) is 0 Å². The molecule has 3 atom stereocenters. The molecule has 0 aromatic heterocycles. The van der Waals surface area contributed by atoms with E-state index < -0.39 is 0 Å². The van der Waals surface area contributed by atoms with Gasteiger partial charge in [-0.25, -0.2) is 0 Å². The number of hydrogen-bond donors (Lipinski definition) is 1. The van der Waals surface area contributed by atoms with Gasteiger partial charge in [-0.2, -0.15) is 11.8 Å². The maximum absolute atomic E-state index is 3.71. The molecule has 0 radical (unpaired) electrons. The van der Waals surface area contributed by atoms with Crippen molar-refractivity contribution in [2.24, 2.45) is 11.8 Å². The number of rotatable bonds is 7. The van der Waals surface area contributed by atoms with Crippen molar-refractivity contribution >= 4 is 11.8 Å². The van der Waals surface area contributed by atoms with Crippen LogP contribution in [0, 0.1) is 11.8 Å². The molecular formula is C14H29NS. The highest BCUT2D eigenvalue weighted by molar-refractivity contribution is 7.99. The van der Waals surface area contributed by atoms with E-state index in [1.807, 2.05) is 0 Å². The summed E-state index contributed by atoms with van der Waals surface area (Å²) in [4.78, 5) is 0. The molecule has 1 rings (SSSR count). The predicted octanol–water partition coefficient (Wildman–Crippen LogP) is 3.93. The molecule has 2 heteroatoms. The molecule has 1 N–H and O–H groups in total. The quantitative estimate of drug-likeness (QED) is 0.727. The first kappa shape index (κ1) is 14.4. The van der Waals surface area contributed by atoms with Gasteiger partial charge in [-0.1, -0.05) is 40.0 Å². The number of thioether (sulfide) groups is 1. The van der Waals surface area contributed by atoms with Gasteiger partial charge in [0.2, 0.25) is 0 Å². The first-order chi connectivity index (χ1) is 7.81. The second-order valence-electron chi connectivity index (χ2n) is 5.02. The zero-order valence-corrected chi connectivity index (χ0v) is 12.1. The standard InChI is InChI=1S/C14H29NS/c1-4-12-8-7-9-13(10-12)14(15-5-2)11-16-6-3/h12-15H,4-11H2,1-3H3. The highest BCUT2D eigenvalue weighted by Gasteiger charge is 2.26. The maximum atomic E-state index is 3.71. The number of nitrogens with one attached hydrogen (secondary N) is 1. The monoisotopic (exact) mass is 243 g/mol. The van der Waals surface area contributed by atoms with Crippen LogP contribution in [-0.2, 0) is 0 Å². The van der Waals surface area contributed by atoms with Crippen molar-refractivity contribution in [3.05, 3.63) is 0 Å². The molecule has 1 aliphatic rings. The van der Waals surface area contributed by atoms with Gasteiger partial charge in [-0.3, -0.25) is 0 Å². The summed E-state index contributed by atoms with van der Waals surface area (Å²) >= 11 is 2.10.